The van der Waals surface area contributed by atoms with Crippen LogP contribution in [-0.2, 0) is 16.1 Å². The maximum absolute atomic E-state index is 12.7. The van der Waals surface area contributed by atoms with E-state index in [1.165, 1.54) is 17.1 Å². The molecule has 1 unspecified atom stereocenters. The molecule has 0 spiro atoms. The molecular weight excluding hydrogens is 346 g/mol. The second kappa shape index (κ2) is 9.42. The molecular formula is C20H29N3O2S. The number of anilines is 1. The smallest absolute Gasteiger partial charge is 0.229 e. The molecule has 2 fully saturated rings. The maximum Gasteiger partial charge on any atom is 0.229 e. The first-order chi connectivity index (χ1) is 12.7. The van der Waals surface area contributed by atoms with Crippen molar-refractivity contribution < 1.29 is 9.59 Å². The summed E-state index contributed by atoms with van der Waals surface area (Å²) in [6.45, 7) is 6.39. The number of piperidine rings is 1. The lowest BCUT2D eigenvalue weighted by molar-refractivity contribution is -0.134. The van der Waals surface area contributed by atoms with Gasteiger partial charge in [0.1, 0.15) is 0 Å². The van der Waals surface area contributed by atoms with Crippen LogP contribution >= 0.6 is 11.8 Å². The Hall–Kier alpha value is -1.53. The summed E-state index contributed by atoms with van der Waals surface area (Å²) >= 11 is 2.01. The van der Waals surface area contributed by atoms with Gasteiger partial charge in [0.25, 0.3) is 0 Å². The molecule has 5 nitrogen and oxygen atoms in total. The van der Waals surface area contributed by atoms with Gasteiger partial charge in [-0.15, -0.1) is 0 Å². The lowest BCUT2D eigenvalue weighted by atomic mass is 9.96. The zero-order chi connectivity index (χ0) is 18.4. The molecule has 2 aliphatic rings. The summed E-state index contributed by atoms with van der Waals surface area (Å²) in [4.78, 5) is 28.9. The summed E-state index contributed by atoms with van der Waals surface area (Å²) in [5, 5.41) is 3.07. The largest absolute Gasteiger partial charge is 0.342 e. The Kier molecular flexibility index (Phi) is 6.97. The number of nitrogens with one attached hydrogen (secondary N) is 1. The second-order valence-corrected chi connectivity index (χ2v) is 8.34. The molecule has 0 aliphatic carbocycles. The van der Waals surface area contributed by atoms with Crippen molar-refractivity contribution >= 4 is 29.3 Å². The fraction of sp³-hybridized carbons (Fsp3) is 0.600. The summed E-state index contributed by atoms with van der Waals surface area (Å²) < 4.78 is 0. The normalized spacial score (nSPS) is 21.4. The number of thioether (sulfide) groups is 1. The third-order valence-electron chi connectivity index (χ3n) is 5.15. The standard InChI is InChI=1S/C20H29N3O2S/c1-2-19(24)23-8-4-6-17(15-23)20(25)21-18-7-3-5-16(13-18)14-22-9-11-26-12-10-22/h3,5,7,13,17H,2,4,6,8-12,14-15H2,1H3,(H,21,25). The lowest BCUT2D eigenvalue weighted by Crippen LogP contribution is -2.43. The van der Waals surface area contributed by atoms with Gasteiger partial charge in [0.05, 0.1) is 5.92 Å². The molecule has 0 bridgehead atoms. The van der Waals surface area contributed by atoms with Crippen LogP contribution in [0.4, 0.5) is 5.69 Å². The van der Waals surface area contributed by atoms with Gasteiger partial charge in [0.15, 0.2) is 0 Å². The lowest BCUT2D eigenvalue weighted by Gasteiger charge is -2.32. The highest BCUT2D eigenvalue weighted by molar-refractivity contribution is 7.99. The molecule has 1 aromatic rings. The molecule has 2 amide bonds. The van der Waals surface area contributed by atoms with E-state index in [1.807, 2.05) is 35.7 Å². The number of rotatable bonds is 5. The molecule has 6 heteroatoms. The van der Waals surface area contributed by atoms with Crippen molar-refractivity contribution in [2.45, 2.75) is 32.7 Å². The van der Waals surface area contributed by atoms with Gasteiger partial charge >= 0.3 is 0 Å². The van der Waals surface area contributed by atoms with Gasteiger partial charge in [-0.25, -0.2) is 0 Å². The zero-order valence-electron chi connectivity index (χ0n) is 15.6. The third kappa shape index (κ3) is 5.24. The van der Waals surface area contributed by atoms with Gasteiger partial charge in [-0.3, -0.25) is 14.5 Å². The highest BCUT2D eigenvalue weighted by Gasteiger charge is 2.27. The molecule has 2 saturated heterocycles. The van der Waals surface area contributed by atoms with Crippen molar-refractivity contribution in [2.24, 2.45) is 5.92 Å². The number of nitrogens with zero attached hydrogens (tertiary/aromatic N) is 2. The van der Waals surface area contributed by atoms with Gasteiger partial charge < -0.3 is 10.2 Å². The Morgan fingerprint density at radius 1 is 1.23 bits per heavy atom. The molecule has 142 valence electrons. The van der Waals surface area contributed by atoms with Crippen molar-refractivity contribution in [3.8, 4) is 0 Å². The fourth-order valence-electron chi connectivity index (χ4n) is 3.65. The quantitative estimate of drug-likeness (QED) is 0.860. The van der Waals surface area contributed by atoms with Gasteiger partial charge in [-0.1, -0.05) is 19.1 Å². The predicted molar refractivity (Wildman–Crippen MR) is 107 cm³/mol. The first-order valence-corrected chi connectivity index (χ1v) is 10.8. The first-order valence-electron chi connectivity index (χ1n) is 9.63. The average Bonchev–Trinajstić information content (AvgIpc) is 2.68. The Balaban J connectivity index is 1.56. The van der Waals surface area contributed by atoms with E-state index in [2.05, 4.69) is 22.3 Å². The minimum atomic E-state index is -0.109. The summed E-state index contributed by atoms with van der Waals surface area (Å²) in [6.07, 6.45) is 2.26. The van der Waals surface area contributed by atoms with E-state index in [0.717, 1.165) is 44.7 Å². The van der Waals surface area contributed by atoms with Crippen LogP contribution in [0.1, 0.15) is 31.7 Å². The van der Waals surface area contributed by atoms with E-state index in [0.29, 0.717) is 13.0 Å². The van der Waals surface area contributed by atoms with Crippen LogP contribution in [0, 0.1) is 5.92 Å². The van der Waals surface area contributed by atoms with Gasteiger partial charge in [-0.2, -0.15) is 11.8 Å². The van der Waals surface area contributed by atoms with Crippen molar-refractivity contribution in [3.05, 3.63) is 29.8 Å². The number of carbonyl (C=O) groups is 2. The number of carbonyl (C=O) groups excluding carboxylic acids is 2. The topological polar surface area (TPSA) is 52.7 Å². The SMILES string of the molecule is CCC(=O)N1CCCC(C(=O)Nc2cccc(CN3CCSCC3)c2)C1. The molecule has 1 aromatic carbocycles. The van der Waals surface area contributed by atoms with E-state index in [-0.39, 0.29) is 17.7 Å². The summed E-state index contributed by atoms with van der Waals surface area (Å²) in [6, 6.07) is 8.17. The van der Waals surface area contributed by atoms with Crippen LogP contribution in [0.3, 0.4) is 0 Å². The Labute approximate surface area is 160 Å². The van der Waals surface area contributed by atoms with Crippen LogP contribution in [0.15, 0.2) is 24.3 Å². The van der Waals surface area contributed by atoms with E-state index in [1.54, 1.807) is 0 Å². The Morgan fingerprint density at radius 3 is 2.81 bits per heavy atom. The number of hydrogen-bond donors (Lipinski definition) is 1. The highest BCUT2D eigenvalue weighted by atomic mass is 32.2. The van der Waals surface area contributed by atoms with Crippen molar-refractivity contribution in [3.63, 3.8) is 0 Å². The van der Waals surface area contributed by atoms with Crippen molar-refractivity contribution in [2.75, 3.05) is 43.0 Å². The van der Waals surface area contributed by atoms with Crippen LogP contribution in [-0.4, -0.2) is 59.3 Å². The van der Waals surface area contributed by atoms with Gasteiger partial charge in [0.2, 0.25) is 11.8 Å². The Bertz CT molecular complexity index is 631. The minimum absolute atomic E-state index is 0.0325. The number of hydrogen-bond acceptors (Lipinski definition) is 4. The monoisotopic (exact) mass is 375 g/mol. The van der Waals surface area contributed by atoms with E-state index in [9.17, 15) is 9.59 Å². The molecule has 2 aliphatic heterocycles. The molecule has 3 rings (SSSR count). The molecule has 2 heterocycles. The fourth-order valence-corrected chi connectivity index (χ4v) is 4.63. The molecule has 0 aromatic heterocycles. The van der Waals surface area contributed by atoms with Crippen LogP contribution in [0.5, 0.6) is 0 Å². The zero-order valence-corrected chi connectivity index (χ0v) is 16.4. The average molecular weight is 376 g/mol. The molecule has 1 N–H and O–H groups in total. The second-order valence-electron chi connectivity index (χ2n) is 7.11. The van der Waals surface area contributed by atoms with Crippen LogP contribution in [0.25, 0.3) is 0 Å². The molecule has 26 heavy (non-hydrogen) atoms. The van der Waals surface area contributed by atoms with E-state index < -0.39 is 0 Å². The number of likely N-dealkylation sites (tertiary alicyclic amines) is 1. The van der Waals surface area contributed by atoms with Crippen molar-refractivity contribution in [1.29, 1.82) is 0 Å². The van der Waals surface area contributed by atoms with E-state index >= 15 is 0 Å². The molecule has 0 radical (unpaired) electrons. The predicted octanol–water partition coefficient (Wildman–Crippen LogP) is 2.82. The third-order valence-corrected chi connectivity index (χ3v) is 6.09. The maximum atomic E-state index is 12.7. The first kappa shape index (κ1) is 19.2. The minimum Gasteiger partial charge on any atom is -0.342 e. The number of benzene rings is 1. The molecule has 0 saturated carbocycles. The summed E-state index contributed by atoms with van der Waals surface area (Å²) in [5.74, 6) is 2.47. The molecule has 1 atom stereocenters. The summed E-state index contributed by atoms with van der Waals surface area (Å²) in [7, 11) is 0. The van der Waals surface area contributed by atoms with Crippen LogP contribution < -0.4 is 5.32 Å². The summed E-state index contributed by atoms with van der Waals surface area (Å²) in [5.41, 5.74) is 2.10. The number of amides is 2. The van der Waals surface area contributed by atoms with E-state index in [4.69, 9.17) is 0 Å². The Morgan fingerprint density at radius 2 is 2.04 bits per heavy atom. The van der Waals surface area contributed by atoms with Gasteiger partial charge in [-0.05, 0) is 30.5 Å². The van der Waals surface area contributed by atoms with Crippen LogP contribution in [0.2, 0.25) is 0 Å². The van der Waals surface area contributed by atoms with Crippen molar-refractivity contribution in [1.82, 2.24) is 9.80 Å². The van der Waals surface area contributed by atoms with Gasteiger partial charge in [0, 0.05) is 56.3 Å². The highest BCUT2D eigenvalue weighted by Crippen LogP contribution is 2.21.